The number of rotatable bonds is 9. The van der Waals surface area contributed by atoms with Crippen LogP contribution < -0.4 is 9.47 Å². The van der Waals surface area contributed by atoms with Crippen LogP contribution in [0.5, 0.6) is 11.5 Å². The maximum atomic E-state index is 13.7. The highest BCUT2D eigenvalue weighted by Crippen LogP contribution is 2.32. The van der Waals surface area contributed by atoms with E-state index in [0.29, 0.717) is 17.6 Å². The summed E-state index contributed by atoms with van der Waals surface area (Å²) in [6.45, 7) is -1.51. The summed E-state index contributed by atoms with van der Waals surface area (Å²) in [5.74, 6) is 0.401. The summed E-state index contributed by atoms with van der Waals surface area (Å²) in [5, 5.41) is 0. The Labute approximate surface area is 171 Å². The van der Waals surface area contributed by atoms with Crippen LogP contribution in [0.2, 0.25) is 0 Å². The standard InChI is InChI=1S/C21H23F4N3O2/c1-4-29-18-11-14(9-10-17(18)30-21(24)25)12-27(3)13(2)19-26-15-7-5-6-8-16(15)28(19)20(22)23/h5-11,13,20-21H,4,12H2,1-3H3. The molecule has 0 saturated heterocycles. The van der Waals surface area contributed by atoms with Gasteiger partial charge in [-0.25, -0.2) is 4.98 Å². The second-order valence-electron chi connectivity index (χ2n) is 6.79. The molecule has 0 aliphatic carbocycles. The zero-order valence-electron chi connectivity index (χ0n) is 16.9. The van der Waals surface area contributed by atoms with Gasteiger partial charge in [0.15, 0.2) is 11.5 Å². The fourth-order valence-corrected chi connectivity index (χ4v) is 3.30. The van der Waals surface area contributed by atoms with Crippen molar-refractivity contribution in [3.05, 3.63) is 53.9 Å². The number of benzene rings is 2. The molecule has 1 heterocycles. The van der Waals surface area contributed by atoms with Gasteiger partial charge < -0.3 is 9.47 Å². The van der Waals surface area contributed by atoms with Crippen LogP contribution in [0.25, 0.3) is 11.0 Å². The first-order valence-corrected chi connectivity index (χ1v) is 9.47. The van der Waals surface area contributed by atoms with Crippen LogP contribution >= 0.6 is 0 Å². The zero-order valence-corrected chi connectivity index (χ0v) is 16.9. The van der Waals surface area contributed by atoms with Crippen LogP contribution in [-0.4, -0.2) is 34.7 Å². The first-order chi connectivity index (χ1) is 14.3. The van der Waals surface area contributed by atoms with Crippen LogP contribution in [0.15, 0.2) is 42.5 Å². The molecular weight excluding hydrogens is 402 g/mol. The van der Waals surface area contributed by atoms with E-state index in [9.17, 15) is 17.6 Å². The minimum Gasteiger partial charge on any atom is -0.490 e. The first-order valence-electron chi connectivity index (χ1n) is 9.47. The molecule has 0 amide bonds. The normalized spacial score (nSPS) is 12.9. The lowest BCUT2D eigenvalue weighted by Crippen LogP contribution is -2.25. The summed E-state index contributed by atoms with van der Waals surface area (Å²) in [4.78, 5) is 6.25. The quantitative estimate of drug-likeness (QED) is 0.417. The Morgan fingerprint density at radius 1 is 1.07 bits per heavy atom. The van der Waals surface area contributed by atoms with Crippen molar-refractivity contribution in [2.45, 2.75) is 39.6 Å². The highest BCUT2D eigenvalue weighted by molar-refractivity contribution is 5.76. The number of hydrogen-bond donors (Lipinski definition) is 0. The van der Waals surface area contributed by atoms with Crippen molar-refractivity contribution >= 4 is 11.0 Å². The fourth-order valence-electron chi connectivity index (χ4n) is 3.30. The van der Waals surface area contributed by atoms with Crippen LogP contribution in [-0.2, 0) is 6.54 Å². The minimum atomic E-state index is -2.96. The van der Waals surface area contributed by atoms with Crippen molar-refractivity contribution in [2.75, 3.05) is 13.7 Å². The summed E-state index contributed by atoms with van der Waals surface area (Å²) >= 11 is 0. The monoisotopic (exact) mass is 425 g/mol. The lowest BCUT2D eigenvalue weighted by molar-refractivity contribution is -0.0514. The predicted molar refractivity (Wildman–Crippen MR) is 105 cm³/mol. The molecule has 3 aromatic rings. The number of imidazole rings is 1. The fraction of sp³-hybridized carbons (Fsp3) is 0.381. The van der Waals surface area contributed by atoms with Crippen molar-refractivity contribution < 1.29 is 27.0 Å². The van der Waals surface area contributed by atoms with Crippen LogP contribution in [0.1, 0.15) is 37.8 Å². The zero-order chi connectivity index (χ0) is 21.8. The van der Waals surface area contributed by atoms with Crippen molar-refractivity contribution in [1.29, 1.82) is 0 Å². The van der Waals surface area contributed by atoms with Crippen molar-refractivity contribution in [3.63, 3.8) is 0 Å². The van der Waals surface area contributed by atoms with Crippen molar-refractivity contribution in [1.82, 2.24) is 14.5 Å². The average Bonchev–Trinajstić information content (AvgIpc) is 3.09. The van der Waals surface area contributed by atoms with Gasteiger partial charge in [0, 0.05) is 6.54 Å². The third-order valence-electron chi connectivity index (χ3n) is 4.81. The molecular formula is C21H23F4N3O2. The van der Waals surface area contributed by atoms with Gasteiger partial charge >= 0.3 is 13.2 Å². The highest BCUT2D eigenvalue weighted by Gasteiger charge is 2.24. The second kappa shape index (κ2) is 9.34. The van der Waals surface area contributed by atoms with Crippen LogP contribution in [0, 0.1) is 0 Å². The Morgan fingerprint density at radius 2 is 1.80 bits per heavy atom. The van der Waals surface area contributed by atoms with Gasteiger partial charge in [0.1, 0.15) is 5.82 Å². The molecule has 0 bridgehead atoms. The Morgan fingerprint density at radius 3 is 2.47 bits per heavy atom. The minimum absolute atomic E-state index is 0.0502. The maximum absolute atomic E-state index is 13.7. The number of alkyl halides is 4. The number of hydrogen-bond acceptors (Lipinski definition) is 4. The third kappa shape index (κ3) is 4.67. The molecule has 2 aromatic carbocycles. The van der Waals surface area contributed by atoms with Gasteiger partial charge in [-0.05, 0) is 50.7 Å². The van der Waals surface area contributed by atoms with Crippen molar-refractivity contribution in [2.24, 2.45) is 0 Å². The molecule has 9 heteroatoms. The number of fused-ring (bicyclic) bond motifs is 1. The van der Waals surface area contributed by atoms with Crippen LogP contribution in [0.4, 0.5) is 17.6 Å². The van der Waals surface area contributed by atoms with Gasteiger partial charge in [-0.2, -0.15) is 17.6 Å². The molecule has 0 radical (unpaired) electrons. The predicted octanol–water partition coefficient (Wildman–Crippen LogP) is 5.62. The summed E-state index contributed by atoms with van der Waals surface area (Å²) in [6.07, 6.45) is 0. The van der Waals surface area contributed by atoms with Gasteiger partial charge in [0.2, 0.25) is 0 Å². The van der Waals surface area contributed by atoms with E-state index in [2.05, 4.69) is 9.72 Å². The van der Waals surface area contributed by atoms with E-state index in [4.69, 9.17) is 4.74 Å². The van der Waals surface area contributed by atoms with Gasteiger partial charge in [0.25, 0.3) is 0 Å². The Balaban J connectivity index is 1.85. The van der Waals surface area contributed by atoms with E-state index in [1.54, 1.807) is 57.3 Å². The molecule has 0 aliphatic heterocycles. The van der Waals surface area contributed by atoms with Gasteiger partial charge in [-0.3, -0.25) is 9.47 Å². The topological polar surface area (TPSA) is 39.5 Å². The third-order valence-corrected chi connectivity index (χ3v) is 4.81. The van der Waals surface area contributed by atoms with Crippen molar-refractivity contribution in [3.8, 4) is 11.5 Å². The molecule has 0 spiro atoms. The number of halogens is 4. The molecule has 0 aliphatic rings. The van der Waals surface area contributed by atoms with Gasteiger partial charge in [-0.15, -0.1) is 0 Å². The number of ether oxygens (including phenoxy) is 2. The molecule has 3 rings (SSSR count). The molecule has 1 atom stereocenters. The molecule has 5 nitrogen and oxygen atoms in total. The number of nitrogens with zero attached hydrogens (tertiary/aromatic N) is 3. The van der Waals surface area contributed by atoms with E-state index in [0.717, 1.165) is 10.1 Å². The summed E-state index contributed by atoms with van der Waals surface area (Å²) in [7, 11) is 1.78. The Kier molecular flexibility index (Phi) is 6.81. The lowest BCUT2D eigenvalue weighted by atomic mass is 10.1. The summed E-state index contributed by atoms with van der Waals surface area (Å²) in [6, 6.07) is 11.0. The average molecular weight is 425 g/mol. The molecule has 0 N–H and O–H groups in total. The maximum Gasteiger partial charge on any atom is 0.387 e. The molecule has 162 valence electrons. The number of aromatic nitrogens is 2. The highest BCUT2D eigenvalue weighted by atomic mass is 19.3. The molecule has 1 aromatic heterocycles. The first kappa shape index (κ1) is 21.9. The Bertz CT molecular complexity index is 994. The summed E-state index contributed by atoms with van der Waals surface area (Å²) in [5.41, 5.74) is 1.63. The summed E-state index contributed by atoms with van der Waals surface area (Å²) < 4.78 is 63.5. The largest absolute Gasteiger partial charge is 0.490 e. The van der Waals surface area contributed by atoms with E-state index in [1.165, 1.54) is 6.07 Å². The molecule has 0 fully saturated rings. The Hall–Kier alpha value is -2.81. The van der Waals surface area contributed by atoms with E-state index in [1.807, 2.05) is 4.90 Å². The second-order valence-corrected chi connectivity index (χ2v) is 6.79. The van der Waals surface area contributed by atoms with Gasteiger partial charge in [0.05, 0.1) is 23.7 Å². The molecule has 0 saturated carbocycles. The van der Waals surface area contributed by atoms with E-state index >= 15 is 0 Å². The molecule has 30 heavy (non-hydrogen) atoms. The van der Waals surface area contributed by atoms with E-state index in [-0.39, 0.29) is 23.9 Å². The lowest BCUT2D eigenvalue weighted by Gasteiger charge is -2.25. The smallest absolute Gasteiger partial charge is 0.387 e. The van der Waals surface area contributed by atoms with E-state index < -0.39 is 19.2 Å². The van der Waals surface area contributed by atoms with Gasteiger partial charge in [-0.1, -0.05) is 18.2 Å². The molecule has 1 unspecified atom stereocenters. The SMILES string of the molecule is CCOc1cc(CN(C)C(C)c2nc3ccccc3n2C(F)F)ccc1OC(F)F. The number of para-hydroxylation sites is 2. The van der Waals surface area contributed by atoms with Crippen LogP contribution in [0.3, 0.4) is 0 Å².